The molecular weight excluding hydrogens is 625 g/mol. The summed E-state index contributed by atoms with van der Waals surface area (Å²) >= 11 is 1.92. The highest BCUT2D eigenvalue weighted by Gasteiger charge is 2.27. The Morgan fingerprint density at radius 3 is 1.64 bits per heavy atom. The smallest absolute Gasteiger partial charge is 0.103 e. The Hall–Kier alpha value is -6.03. The van der Waals surface area contributed by atoms with E-state index in [2.05, 4.69) is 192 Å². The first-order valence-corrected chi connectivity index (χ1v) is 18.0. The topological polar surface area (TPSA) is 15.3 Å². The molecule has 236 valence electrons. The summed E-state index contributed by atoms with van der Waals surface area (Å²) in [6, 6.07) is 66.2. The first-order chi connectivity index (χ1) is 24.8. The molecule has 9 aromatic carbocycles. The van der Waals surface area contributed by atoms with Crippen molar-refractivity contribution in [2.45, 2.75) is 10.3 Å². The van der Waals surface area contributed by atoms with E-state index in [1.807, 2.05) is 11.8 Å². The van der Waals surface area contributed by atoms with Crippen LogP contribution in [0.15, 0.2) is 187 Å². The van der Waals surface area contributed by atoms with Gasteiger partial charge in [0, 0.05) is 27.3 Å². The molecule has 0 radical (unpaired) electrons. The molecule has 10 rings (SSSR count). The largest absolute Gasteiger partial charge is 0.368 e. The second kappa shape index (κ2) is 11.8. The Morgan fingerprint density at radius 2 is 0.960 bits per heavy atom. The SMILES string of the molecule is c1ccc(C2Nc3c(c4ccc(-c5ccc(N(c6ccc7ccccc7c6)c6ccc7ccccc7c6)cc5)cc4c4ccccc34)S2)cc1. The van der Waals surface area contributed by atoms with Gasteiger partial charge in [-0.1, -0.05) is 151 Å². The van der Waals surface area contributed by atoms with Gasteiger partial charge in [-0.15, -0.1) is 0 Å². The van der Waals surface area contributed by atoms with Crippen LogP contribution in [0.3, 0.4) is 0 Å². The third-order valence-corrected chi connectivity index (χ3v) is 11.3. The molecule has 0 bridgehead atoms. The molecule has 0 saturated carbocycles. The summed E-state index contributed by atoms with van der Waals surface area (Å²) < 4.78 is 0. The van der Waals surface area contributed by atoms with Crippen LogP contribution in [0.5, 0.6) is 0 Å². The molecule has 0 fully saturated rings. The van der Waals surface area contributed by atoms with Gasteiger partial charge >= 0.3 is 0 Å². The van der Waals surface area contributed by atoms with Crippen molar-refractivity contribution in [2.24, 2.45) is 0 Å². The Balaban J connectivity index is 1.06. The molecule has 0 spiro atoms. The lowest BCUT2D eigenvalue weighted by Gasteiger charge is -2.26. The highest BCUT2D eigenvalue weighted by Crippen LogP contribution is 2.53. The Kier molecular flexibility index (Phi) is 6.85. The van der Waals surface area contributed by atoms with E-state index in [1.54, 1.807) is 0 Å². The summed E-state index contributed by atoms with van der Waals surface area (Å²) in [5, 5.41) is 14.1. The molecule has 1 unspecified atom stereocenters. The molecule has 9 aromatic rings. The van der Waals surface area contributed by atoms with Crippen molar-refractivity contribution in [2.75, 3.05) is 10.2 Å². The molecule has 1 N–H and O–H groups in total. The minimum absolute atomic E-state index is 0.195. The first kappa shape index (κ1) is 28.9. The minimum atomic E-state index is 0.195. The monoisotopic (exact) mass is 656 g/mol. The van der Waals surface area contributed by atoms with E-state index in [-0.39, 0.29) is 5.37 Å². The van der Waals surface area contributed by atoms with Crippen LogP contribution in [0.4, 0.5) is 22.7 Å². The van der Waals surface area contributed by atoms with Gasteiger partial charge in [-0.2, -0.15) is 0 Å². The van der Waals surface area contributed by atoms with E-state index in [0.29, 0.717) is 0 Å². The maximum atomic E-state index is 3.85. The zero-order valence-electron chi connectivity index (χ0n) is 27.3. The number of fused-ring (bicyclic) bond motifs is 8. The van der Waals surface area contributed by atoms with Gasteiger partial charge in [0.25, 0.3) is 0 Å². The van der Waals surface area contributed by atoms with Crippen LogP contribution in [0, 0.1) is 0 Å². The maximum absolute atomic E-state index is 3.85. The summed E-state index contributed by atoms with van der Waals surface area (Å²) in [4.78, 5) is 3.70. The fourth-order valence-electron chi connectivity index (χ4n) is 7.54. The van der Waals surface area contributed by atoms with Crippen LogP contribution < -0.4 is 10.2 Å². The van der Waals surface area contributed by atoms with Crippen LogP contribution in [0.1, 0.15) is 10.9 Å². The van der Waals surface area contributed by atoms with E-state index in [0.717, 1.165) is 17.1 Å². The standard InChI is InChI=1S/C47H32N2S/c1-2-12-34(13-3-1)47-48-45-42-17-9-8-16-41(42)44-30-37(22-27-43(44)46(45)50-47)33-18-23-38(24-19-33)49(39-25-20-31-10-4-6-14-35(31)28-39)40-26-21-32-11-5-7-15-36(32)29-40/h1-30,47-48H. The highest BCUT2D eigenvalue weighted by molar-refractivity contribution is 8.00. The normalized spacial score (nSPS) is 13.9. The maximum Gasteiger partial charge on any atom is 0.103 e. The van der Waals surface area contributed by atoms with Gasteiger partial charge in [0.05, 0.1) is 5.69 Å². The van der Waals surface area contributed by atoms with Gasteiger partial charge < -0.3 is 10.2 Å². The lowest BCUT2D eigenvalue weighted by atomic mass is 9.95. The quantitative estimate of drug-likeness (QED) is 0.186. The van der Waals surface area contributed by atoms with Crippen LogP contribution in [-0.2, 0) is 0 Å². The molecule has 0 saturated heterocycles. The molecule has 2 nitrogen and oxygen atoms in total. The Morgan fingerprint density at radius 1 is 0.400 bits per heavy atom. The van der Waals surface area contributed by atoms with Crippen LogP contribution in [-0.4, -0.2) is 0 Å². The lowest BCUT2D eigenvalue weighted by Crippen LogP contribution is -2.09. The number of hydrogen-bond donors (Lipinski definition) is 1. The average Bonchev–Trinajstić information content (AvgIpc) is 3.65. The fraction of sp³-hybridized carbons (Fsp3) is 0.0213. The van der Waals surface area contributed by atoms with Crippen LogP contribution in [0.25, 0.3) is 54.2 Å². The van der Waals surface area contributed by atoms with Gasteiger partial charge in [0.1, 0.15) is 5.37 Å². The van der Waals surface area contributed by atoms with Gasteiger partial charge in [0.15, 0.2) is 0 Å². The number of thioether (sulfide) groups is 1. The number of benzene rings is 9. The molecule has 1 aliphatic heterocycles. The van der Waals surface area contributed by atoms with E-state index < -0.39 is 0 Å². The molecule has 1 atom stereocenters. The molecule has 1 heterocycles. The third-order valence-electron chi connectivity index (χ3n) is 10.0. The molecular formula is C47H32N2S. The van der Waals surface area contributed by atoms with Gasteiger partial charge in [0.2, 0.25) is 0 Å². The summed E-state index contributed by atoms with van der Waals surface area (Å²) in [6.07, 6.45) is 0. The van der Waals surface area contributed by atoms with E-state index in [1.165, 1.54) is 70.4 Å². The van der Waals surface area contributed by atoms with Crippen molar-refractivity contribution in [1.82, 2.24) is 0 Å². The van der Waals surface area contributed by atoms with Crippen LogP contribution >= 0.6 is 11.8 Å². The molecule has 0 aromatic heterocycles. The first-order valence-electron chi connectivity index (χ1n) is 17.1. The number of nitrogens with one attached hydrogen (secondary N) is 1. The average molecular weight is 657 g/mol. The molecule has 0 aliphatic carbocycles. The van der Waals surface area contributed by atoms with E-state index >= 15 is 0 Å². The Labute approximate surface area is 295 Å². The van der Waals surface area contributed by atoms with Crippen molar-refractivity contribution in [3.05, 3.63) is 188 Å². The number of rotatable bonds is 5. The van der Waals surface area contributed by atoms with E-state index in [4.69, 9.17) is 0 Å². The Bertz CT molecular complexity index is 2640. The lowest BCUT2D eigenvalue weighted by molar-refractivity contribution is 1.14. The predicted octanol–water partition coefficient (Wildman–Crippen LogP) is 13.7. The zero-order chi connectivity index (χ0) is 33.0. The van der Waals surface area contributed by atoms with Crippen molar-refractivity contribution in [3.8, 4) is 11.1 Å². The fourth-order valence-corrected chi connectivity index (χ4v) is 8.84. The highest BCUT2D eigenvalue weighted by atomic mass is 32.2. The molecule has 0 amide bonds. The van der Waals surface area contributed by atoms with E-state index in [9.17, 15) is 0 Å². The molecule has 1 aliphatic rings. The summed E-state index contributed by atoms with van der Waals surface area (Å²) in [5.74, 6) is 0. The summed E-state index contributed by atoms with van der Waals surface area (Å²) in [7, 11) is 0. The second-order valence-corrected chi connectivity index (χ2v) is 14.1. The van der Waals surface area contributed by atoms with Gasteiger partial charge in [-0.25, -0.2) is 0 Å². The molecule has 50 heavy (non-hydrogen) atoms. The number of hydrogen-bond acceptors (Lipinski definition) is 3. The van der Waals surface area contributed by atoms with Crippen molar-refractivity contribution < 1.29 is 0 Å². The van der Waals surface area contributed by atoms with Crippen molar-refractivity contribution >= 4 is 77.6 Å². The zero-order valence-corrected chi connectivity index (χ0v) is 28.1. The van der Waals surface area contributed by atoms with Crippen molar-refractivity contribution in [3.63, 3.8) is 0 Å². The number of anilines is 4. The minimum Gasteiger partial charge on any atom is -0.368 e. The summed E-state index contributed by atoms with van der Waals surface area (Å²) in [5.41, 5.74) is 8.35. The second-order valence-electron chi connectivity index (χ2n) is 13.0. The number of nitrogens with zero attached hydrogens (tertiary/aromatic N) is 1. The van der Waals surface area contributed by atoms with Gasteiger partial charge in [-0.3, -0.25) is 0 Å². The summed E-state index contributed by atoms with van der Waals surface area (Å²) in [6.45, 7) is 0. The molecule has 3 heteroatoms. The van der Waals surface area contributed by atoms with Crippen molar-refractivity contribution in [1.29, 1.82) is 0 Å². The predicted molar refractivity (Wildman–Crippen MR) is 215 cm³/mol. The van der Waals surface area contributed by atoms with Gasteiger partial charge in [-0.05, 0) is 96.9 Å². The van der Waals surface area contributed by atoms with Crippen LogP contribution in [0.2, 0.25) is 0 Å². The third kappa shape index (κ3) is 4.89.